The van der Waals surface area contributed by atoms with E-state index in [1.54, 1.807) is 0 Å². The van der Waals surface area contributed by atoms with E-state index < -0.39 is 10.8 Å². The van der Waals surface area contributed by atoms with Crippen LogP contribution in [-0.2, 0) is 4.74 Å². The van der Waals surface area contributed by atoms with Crippen LogP contribution < -0.4 is 0 Å². The van der Waals surface area contributed by atoms with Crippen LogP contribution in [-0.4, -0.2) is 59.2 Å². The third kappa shape index (κ3) is 3.54. The van der Waals surface area contributed by atoms with Gasteiger partial charge in [0.15, 0.2) is 0 Å². The highest BCUT2D eigenvalue weighted by atomic mass is 16.6. The second-order valence-corrected chi connectivity index (χ2v) is 3.54. The van der Waals surface area contributed by atoms with E-state index in [1.807, 2.05) is 0 Å². The Labute approximate surface area is 103 Å². The zero-order chi connectivity index (χ0) is 13.5. The quantitative estimate of drug-likeness (QED) is 0.528. The smallest absolute Gasteiger partial charge is 0.287 e. The third-order valence-corrected chi connectivity index (χ3v) is 2.33. The van der Waals surface area contributed by atoms with Crippen LogP contribution in [0.2, 0.25) is 0 Å². The number of rotatable bonds is 7. The summed E-state index contributed by atoms with van der Waals surface area (Å²) >= 11 is 0. The number of aromatic nitrogens is 1. The predicted molar refractivity (Wildman–Crippen MR) is 62.3 cm³/mol. The number of amides is 1. The Morgan fingerprint density at radius 1 is 1.61 bits per heavy atom. The molecule has 2 N–H and O–H groups in total. The summed E-state index contributed by atoms with van der Waals surface area (Å²) in [4.78, 5) is 25.8. The third-order valence-electron chi connectivity index (χ3n) is 2.33. The summed E-state index contributed by atoms with van der Waals surface area (Å²) in [5.74, 6) is -0.408. The molecule has 1 heterocycles. The van der Waals surface area contributed by atoms with Crippen molar-refractivity contribution < 1.29 is 19.6 Å². The van der Waals surface area contributed by atoms with Gasteiger partial charge in [-0.05, 0) is 0 Å². The molecule has 0 saturated heterocycles. The summed E-state index contributed by atoms with van der Waals surface area (Å²) in [5, 5.41) is 19.4. The molecular formula is C10H15N3O5. The van der Waals surface area contributed by atoms with Crippen LogP contribution in [0.1, 0.15) is 10.5 Å². The first-order valence-electron chi connectivity index (χ1n) is 5.32. The SMILES string of the molecule is COCCN(CCO)C(=O)c1cc([N+](=O)[O-])c[nH]1. The van der Waals surface area contributed by atoms with Crippen molar-refractivity contribution in [3.05, 3.63) is 28.1 Å². The molecule has 18 heavy (non-hydrogen) atoms. The minimum atomic E-state index is -0.585. The first kappa shape index (κ1) is 14.1. The molecule has 0 aliphatic heterocycles. The zero-order valence-electron chi connectivity index (χ0n) is 9.96. The van der Waals surface area contributed by atoms with Gasteiger partial charge in [-0.1, -0.05) is 0 Å². The fourth-order valence-corrected chi connectivity index (χ4v) is 1.42. The van der Waals surface area contributed by atoms with E-state index >= 15 is 0 Å². The Morgan fingerprint density at radius 3 is 2.83 bits per heavy atom. The van der Waals surface area contributed by atoms with Gasteiger partial charge in [0, 0.05) is 26.3 Å². The van der Waals surface area contributed by atoms with Crippen LogP contribution in [0.15, 0.2) is 12.3 Å². The van der Waals surface area contributed by atoms with Gasteiger partial charge in [0.2, 0.25) is 0 Å². The first-order chi connectivity index (χ1) is 8.60. The molecule has 0 aliphatic rings. The van der Waals surface area contributed by atoms with Crippen LogP contribution in [0.4, 0.5) is 5.69 Å². The summed E-state index contributed by atoms with van der Waals surface area (Å²) in [6, 6.07) is 1.17. The van der Waals surface area contributed by atoms with Gasteiger partial charge in [-0.2, -0.15) is 0 Å². The fraction of sp³-hybridized carbons (Fsp3) is 0.500. The topological polar surface area (TPSA) is 109 Å². The van der Waals surface area contributed by atoms with Gasteiger partial charge in [-0.15, -0.1) is 0 Å². The average molecular weight is 257 g/mol. The monoisotopic (exact) mass is 257 g/mol. The summed E-state index contributed by atoms with van der Waals surface area (Å²) in [7, 11) is 1.50. The van der Waals surface area contributed by atoms with Crippen molar-refractivity contribution in [2.24, 2.45) is 0 Å². The molecule has 0 atom stereocenters. The molecule has 1 aromatic rings. The number of aliphatic hydroxyl groups excluding tert-OH is 1. The van der Waals surface area contributed by atoms with Crippen molar-refractivity contribution in [1.29, 1.82) is 0 Å². The van der Waals surface area contributed by atoms with E-state index in [4.69, 9.17) is 9.84 Å². The molecule has 0 aromatic carbocycles. The fourth-order valence-electron chi connectivity index (χ4n) is 1.42. The number of aromatic amines is 1. The van der Waals surface area contributed by atoms with Crippen LogP contribution in [0.3, 0.4) is 0 Å². The lowest BCUT2D eigenvalue weighted by Crippen LogP contribution is -2.36. The van der Waals surface area contributed by atoms with E-state index in [1.165, 1.54) is 18.1 Å². The Kier molecular flexibility index (Phi) is 5.28. The minimum absolute atomic E-state index is 0.117. The molecule has 0 radical (unpaired) electrons. The first-order valence-corrected chi connectivity index (χ1v) is 5.32. The molecule has 1 aromatic heterocycles. The Balaban J connectivity index is 2.77. The van der Waals surface area contributed by atoms with E-state index in [9.17, 15) is 14.9 Å². The van der Waals surface area contributed by atoms with Gasteiger partial charge in [-0.3, -0.25) is 14.9 Å². The van der Waals surface area contributed by atoms with Gasteiger partial charge in [-0.25, -0.2) is 0 Å². The number of H-pyrrole nitrogens is 1. The van der Waals surface area contributed by atoms with Crippen LogP contribution in [0.25, 0.3) is 0 Å². The Hall–Kier alpha value is -1.93. The van der Waals surface area contributed by atoms with Gasteiger partial charge in [0.25, 0.3) is 11.6 Å². The average Bonchev–Trinajstić information content (AvgIpc) is 2.83. The molecule has 1 rings (SSSR count). The van der Waals surface area contributed by atoms with E-state index in [2.05, 4.69) is 4.98 Å². The van der Waals surface area contributed by atoms with E-state index in [-0.39, 0.29) is 24.5 Å². The Bertz CT molecular complexity index is 417. The number of nitrogens with one attached hydrogen (secondary N) is 1. The molecule has 0 spiro atoms. The number of methoxy groups -OCH3 is 1. The van der Waals surface area contributed by atoms with Crippen molar-refractivity contribution in [2.75, 3.05) is 33.4 Å². The minimum Gasteiger partial charge on any atom is -0.395 e. The van der Waals surface area contributed by atoms with Crippen molar-refractivity contribution in [1.82, 2.24) is 9.88 Å². The molecule has 1 amide bonds. The number of hydrogen-bond donors (Lipinski definition) is 2. The number of carbonyl (C=O) groups is 1. The summed E-state index contributed by atoms with van der Waals surface area (Å²) < 4.78 is 4.85. The molecule has 0 bridgehead atoms. The van der Waals surface area contributed by atoms with Gasteiger partial charge >= 0.3 is 0 Å². The highest BCUT2D eigenvalue weighted by molar-refractivity contribution is 5.93. The number of ether oxygens (including phenoxy) is 1. The highest BCUT2D eigenvalue weighted by Gasteiger charge is 2.19. The molecule has 8 nitrogen and oxygen atoms in total. The van der Waals surface area contributed by atoms with Gasteiger partial charge in [0.05, 0.1) is 24.3 Å². The van der Waals surface area contributed by atoms with Crippen molar-refractivity contribution in [2.45, 2.75) is 0 Å². The number of aliphatic hydroxyl groups is 1. The highest BCUT2D eigenvalue weighted by Crippen LogP contribution is 2.13. The van der Waals surface area contributed by atoms with E-state index in [0.717, 1.165) is 6.20 Å². The van der Waals surface area contributed by atoms with Crippen molar-refractivity contribution >= 4 is 11.6 Å². The molecule has 8 heteroatoms. The van der Waals surface area contributed by atoms with Crippen LogP contribution in [0.5, 0.6) is 0 Å². The maximum Gasteiger partial charge on any atom is 0.287 e. The molecule has 0 saturated carbocycles. The second kappa shape index (κ2) is 6.72. The number of nitrogens with zero attached hydrogens (tertiary/aromatic N) is 2. The van der Waals surface area contributed by atoms with Crippen molar-refractivity contribution in [3.8, 4) is 0 Å². The lowest BCUT2D eigenvalue weighted by molar-refractivity contribution is -0.384. The standard InChI is InChI=1S/C10H15N3O5/c1-18-5-3-12(2-4-14)10(15)9-6-8(7-11-9)13(16)17/h6-7,11,14H,2-5H2,1H3. The lowest BCUT2D eigenvalue weighted by Gasteiger charge is -2.20. The Morgan fingerprint density at radius 2 is 2.33 bits per heavy atom. The predicted octanol–water partition coefficient (Wildman–Crippen LogP) is 0.00380. The van der Waals surface area contributed by atoms with E-state index in [0.29, 0.717) is 13.2 Å². The molecule has 0 unspecified atom stereocenters. The number of carbonyl (C=O) groups excluding carboxylic acids is 1. The maximum atomic E-state index is 12.0. The van der Waals surface area contributed by atoms with Gasteiger partial charge < -0.3 is 19.7 Å². The number of hydrogen-bond acceptors (Lipinski definition) is 5. The van der Waals surface area contributed by atoms with Crippen LogP contribution >= 0.6 is 0 Å². The van der Waals surface area contributed by atoms with Gasteiger partial charge in [0.1, 0.15) is 5.69 Å². The molecule has 100 valence electrons. The maximum absolute atomic E-state index is 12.0. The largest absolute Gasteiger partial charge is 0.395 e. The second-order valence-electron chi connectivity index (χ2n) is 3.54. The molecule has 0 aliphatic carbocycles. The normalized spacial score (nSPS) is 10.3. The summed E-state index contributed by atoms with van der Waals surface area (Å²) in [6.07, 6.45) is 1.15. The molecule has 0 fully saturated rings. The summed E-state index contributed by atoms with van der Waals surface area (Å²) in [5.41, 5.74) is -0.0553. The molecular weight excluding hydrogens is 242 g/mol. The van der Waals surface area contributed by atoms with Crippen molar-refractivity contribution in [3.63, 3.8) is 0 Å². The zero-order valence-corrected chi connectivity index (χ0v) is 9.96. The number of nitro groups is 1. The summed E-state index contributed by atoms with van der Waals surface area (Å²) in [6.45, 7) is 0.602. The van der Waals surface area contributed by atoms with Crippen LogP contribution in [0, 0.1) is 10.1 Å². The lowest BCUT2D eigenvalue weighted by atomic mass is 10.3.